The van der Waals surface area contributed by atoms with Crippen molar-refractivity contribution in [3.8, 4) is 29.0 Å². The van der Waals surface area contributed by atoms with Crippen molar-refractivity contribution in [3.63, 3.8) is 0 Å². The van der Waals surface area contributed by atoms with Crippen LogP contribution in [0.4, 0.5) is 0 Å². The predicted octanol–water partition coefficient (Wildman–Crippen LogP) is 2.41. The van der Waals surface area contributed by atoms with Crippen molar-refractivity contribution in [2.45, 2.75) is 30.4 Å². The Morgan fingerprint density at radius 1 is 1.12 bits per heavy atom. The number of nitrogens with two attached hydrogens (primary N) is 1. The molecule has 3 aliphatic heterocycles. The molecule has 8 nitrogen and oxygen atoms in total. The molecule has 2 aromatic rings. The molecule has 2 atom stereocenters. The zero-order valence-electron chi connectivity index (χ0n) is 17.6. The summed E-state index contributed by atoms with van der Waals surface area (Å²) in [6.07, 6.45) is 1.94. The molecule has 160 valence electrons. The standard InChI is InChI=1S/C24H21N5O3/c1-29-21(30)24(28-22(29)27)13-23(5-2-6-31-14-23)32-20-4-3-17(10-19(20)24)18-8-15(11-25)7-16(9-18)12-26/h3-4,7-10H,2,5-6,13-14H2,1H3,(H2,27,28)/t23-,24+/m1/s1. The van der Waals surface area contributed by atoms with Gasteiger partial charge in [0.2, 0.25) is 0 Å². The SMILES string of the molecule is CN1C(=O)[C@@]2(C[C@@]3(CCCOC3)Oc3ccc(-c4cc(C#N)cc(C#N)c4)cc32)N=C1N. The van der Waals surface area contributed by atoms with E-state index in [4.69, 9.17) is 15.2 Å². The number of amides is 1. The lowest BCUT2D eigenvalue weighted by Crippen LogP contribution is -2.55. The number of carbonyl (C=O) groups excluding carboxylic acids is 1. The molecule has 0 radical (unpaired) electrons. The quantitative estimate of drug-likeness (QED) is 0.745. The van der Waals surface area contributed by atoms with E-state index in [1.807, 2.05) is 18.2 Å². The minimum absolute atomic E-state index is 0.165. The first-order valence-electron chi connectivity index (χ1n) is 10.4. The van der Waals surface area contributed by atoms with Crippen molar-refractivity contribution in [1.82, 2.24) is 4.90 Å². The van der Waals surface area contributed by atoms with Crippen LogP contribution in [0.25, 0.3) is 11.1 Å². The Bertz CT molecular complexity index is 1220. The third kappa shape index (κ3) is 2.92. The average Bonchev–Trinajstić information content (AvgIpc) is 3.02. The van der Waals surface area contributed by atoms with E-state index in [0.29, 0.717) is 47.6 Å². The number of guanidine groups is 1. The van der Waals surface area contributed by atoms with Gasteiger partial charge in [-0.25, -0.2) is 4.99 Å². The van der Waals surface area contributed by atoms with Crippen molar-refractivity contribution < 1.29 is 14.3 Å². The molecule has 2 spiro atoms. The van der Waals surface area contributed by atoms with Gasteiger partial charge in [0.25, 0.3) is 5.91 Å². The van der Waals surface area contributed by atoms with Crippen LogP contribution in [0.2, 0.25) is 0 Å². The molecule has 0 saturated carbocycles. The fraction of sp³-hybridized carbons (Fsp3) is 0.333. The average molecular weight is 427 g/mol. The second-order valence-corrected chi connectivity index (χ2v) is 8.55. The summed E-state index contributed by atoms with van der Waals surface area (Å²) in [5, 5.41) is 18.7. The number of carbonyl (C=O) groups is 1. The van der Waals surface area contributed by atoms with E-state index in [1.165, 1.54) is 4.90 Å². The van der Waals surface area contributed by atoms with Crippen molar-refractivity contribution >= 4 is 11.9 Å². The maximum atomic E-state index is 13.5. The van der Waals surface area contributed by atoms with E-state index in [1.54, 1.807) is 25.2 Å². The fourth-order valence-electron chi connectivity index (χ4n) is 4.91. The monoisotopic (exact) mass is 427 g/mol. The van der Waals surface area contributed by atoms with Gasteiger partial charge in [0.1, 0.15) is 11.4 Å². The Hall–Kier alpha value is -3.88. The number of benzene rings is 2. The summed E-state index contributed by atoms with van der Waals surface area (Å²) in [5.74, 6) is 0.533. The van der Waals surface area contributed by atoms with E-state index in [2.05, 4.69) is 17.1 Å². The number of hydrogen-bond donors (Lipinski definition) is 1. The van der Waals surface area contributed by atoms with Gasteiger partial charge in [-0.05, 0) is 54.3 Å². The van der Waals surface area contributed by atoms with E-state index in [-0.39, 0.29) is 11.9 Å². The number of nitrogens with zero attached hydrogens (tertiary/aromatic N) is 4. The third-order valence-electron chi connectivity index (χ3n) is 6.45. The van der Waals surface area contributed by atoms with Crippen LogP contribution in [0.3, 0.4) is 0 Å². The van der Waals surface area contributed by atoms with Gasteiger partial charge in [-0.15, -0.1) is 0 Å². The van der Waals surface area contributed by atoms with Crippen LogP contribution >= 0.6 is 0 Å². The van der Waals surface area contributed by atoms with Crippen LogP contribution in [-0.4, -0.2) is 42.6 Å². The number of fused-ring (bicyclic) bond motifs is 2. The Balaban J connectivity index is 1.69. The predicted molar refractivity (Wildman–Crippen MR) is 115 cm³/mol. The molecule has 1 saturated heterocycles. The molecule has 5 rings (SSSR count). The summed E-state index contributed by atoms with van der Waals surface area (Å²) in [6, 6.07) is 14.7. The summed E-state index contributed by atoms with van der Waals surface area (Å²) in [6.45, 7) is 1.05. The number of nitriles is 2. The summed E-state index contributed by atoms with van der Waals surface area (Å²) in [5.41, 5.74) is 7.11. The Kier molecular flexibility index (Phi) is 4.44. The first-order chi connectivity index (χ1) is 15.4. The first-order valence-corrected chi connectivity index (χ1v) is 10.4. The number of ether oxygens (including phenoxy) is 2. The summed E-state index contributed by atoms with van der Waals surface area (Å²) in [4.78, 5) is 19.5. The molecule has 0 unspecified atom stereocenters. The highest BCUT2D eigenvalue weighted by atomic mass is 16.5. The van der Waals surface area contributed by atoms with Gasteiger partial charge in [0.05, 0.1) is 29.9 Å². The molecule has 2 N–H and O–H groups in total. The Morgan fingerprint density at radius 2 is 1.88 bits per heavy atom. The minimum Gasteiger partial charge on any atom is -0.484 e. The zero-order valence-corrected chi connectivity index (χ0v) is 17.6. The maximum Gasteiger partial charge on any atom is 0.261 e. The van der Waals surface area contributed by atoms with Crippen LogP contribution < -0.4 is 10.5 Å². The smallest absolute Gasteiger partial charge is 0.261 e. The molecule has 1 amide bonds. The summed E-state index contributed by atoms with van der Waals surface area (Å²) >= 11 is 0. The highest BCUT2D eigenvalue weighted by Crippen LogP contribution is 2.51. The molecule has 8 heteroatoms. The molecular formula is C24H21N5O3. The van der Waals surface area contributed by atoms with Gasteiger partial charge in [-0.2, -0.15) is 10.5 Å². The van der Waals surface area contributed by atoms with Crippen molar-refractivity contribution in [1.29, 1.82) is 10.5 Å². The van der Waals surface area contributed by atoms with Gasteiger partial charge >= 0.3 is 0 Å². The molecule has 0 aromatic heterocycles. The lowest BCUT2D eigenvalue weighted by molar-refractivity contribution is -0.139. The van der Waals surface area contributed by atoms with Gasteiger partial charge < -0.3 is 15.2 Å². The second kappa shape index (κ2) is 7.08. The highest BCUT2D eigenvalue weighted by Gasteiger charge is 2.58. The minimum atomic E-state index is -1.20. The topological polar surface area (TPSA) is 125 Å². The van der Waals surface area contributed by atoms with Crippen molar-refractivity contribution in [3.05, 3.63) is 53.1 Å². The lowest BCUT2D eigenvalue weighted by atomic mass is 9.74. The van der Waals surface area contributed by atoms with Crippen LogP contribution in [0, 0.1) is 22.7 Å². The van der Waals surface area contributed by atoms with Crippen LogP contribution in [-0.2, 0) is 15.1 Å². The lowest BCUT2D eigenvalue weighted by Gasteiger charge is -2.46. The van der Waals surface area contributed by atoms with Crippen molar-refractivity contribution in [2.75, 3.05) is 20.3 Å². The second-order valence-electron chi connectivity index (χ2n) is 8.55. The van der Waals surface area contributed by atoms with E-state index in [0.717, 1.165) is 18.4 Å². The molecule has 1 fully saturated rings. The Labute approximate surface area is 185 Å². The fourth-order valence-corrected chi connectivity index (χ4v) is 4.91. The summed E-state index contributed by atoms with van der Waals surface area (Å²) in [7, 11) is 1.62. The van der Waals surface area contributed by atoms with Gasteiger partial charge in [-0.1, -0.05) is 6.07 Å². The number of rotatable bonds is 1. The van der Waals surface area contributed by atoms with Crippen LogP contribution in [0.5, 0.6) is 5.75 Å². The summed E-state index contributed by atoms with van der Waals surface area (Å²) < 4.78 is 12.2. The van der Waals surface area contributed by atoms with E-state index in [9.17, 15) is 15.3 Å². The highest BCUT2D eigenvalue weighted by molar-refractivity contribution is 6.07. The maximum absolute atomic E-state index is 13.5. The van der Waals surface area contributed by atoms with Crippen LogP contribution in [0.1, 0.15) is 36.0 Å². The van der Waals surface area contributed by atoms with Crippen LogP contribution in [0.15, 0.2) is 41.4 Å². The largest absolute Gasteiger partial charge is 0.484 e. The molecule has 2 aromatic carbocycles. The number of aliphatic imine (C=N–C) groups is 1. The molecule has 0 aliphatic carbocycles. The van der Waals surface area contributed by atoms with E-state index >= 15 is 0 Å². The first kappa shape index (κ1) is 20.0. The molecular weight excluding hydrogens is 406 g/mol. The number of hydrogen-bond acceptors (Lipinski definition) is 7. The molecule has 3 aliphatic rings. The normalized spacial score (nSPS) is 26.3. The van der Waals surface area contributed by atoms with Gasteiger partial charge in [0.15, 0.2) is 11.5 Å². The van der Waals surface area contributed by atoms with Crippen molar-refractivity contribution in [2.24, 2.45) is 10.7 Å². The molecule has 32 heavy (non-hydrogen) atoms. The molecule has 3 heterocycles. The third-order valence-corrected chi connectivity index (χ3v) is 6.45. The van der Waals surface area contributed by atoms with Gasteiger partial charge in [0, 0.05) is 25.6 Å². The molecule has 0 bridgehead atoms. The Morgan fingerprint density at radius 3 is 2.47 bits per heavy atom. The van der Waals surface area contributed by atoms with E-state index < -0.39 is 11.1 Å². The van der Waals surface area contributed by atoms with Gasteiger partial charge in [-0.3, -0.25) is 9.69 Å². The number of likely N-dealkylation sites (N-methyl/N-ethyl adjacent to an activating group) is 1. The zero-order chi connectivity index (χ0) is 22.5.